The molecule has 0 heterocycles. The third-order valence-corrected chi connectivity index (χ3v) is 4.79. The van der Waals surface area contributed by atoms with Gasteiger partial charge in [-0.2, -0.15) is 0 Å². The second-order valence-corrected chi connectivity index (χ2v) is 7.79. The Morgan fingerprint density at radius 2 is 1.81 bits per heavy atom. The van der Waals surface area contributed by atoms with Crippen molar-refractivity contribution in [1.29, 1.82) is 0 Å². The van der Waals surface area contributed by atoms with Crippen LogP contribution in [0.4, 0.5) is 0 Å². The summed E-state index contributed by atoms with van der Waals surface area (Å²) in [4.78, 5) is 0. The second-order valence-electron chi connectivity index (χ2n) is 7.79. The molecule has 0 bridgehead atoms. The molecular formula is C19H31NO. The molecule has 0 spiro atoms. The first kappa shape index (κ1) is 16.5. The fourth-order valence-corrected chi connectivity index (χ4v) is 3.58. The molecule has 2 nitrogen and oxygen atoms in total. The summed E-state index contributed by atoms with van der Waals surface area (Å²) >= 11 is 0. The number of rotatable bonds is 6. The van der Waals surface area contributed by atoms with Gasteiger partial charge in [-0.1, -0.05) is 52.0 Å². The quantitative estimate of drug-likeness (QED) is 0.802. The average Bonchev–Trinajstić information content (AvgIpc) is 2.40. The monoisotopic (exact) mass is 289 g/mol. The largest absolute Gasteiger partial charge is 0.383 e. The van der Waals surface area contributed by atoms with Crippen LogP contribution in [0.15, 0.2) is 24.3 Å². The lowest BCUT2D eigenvalue weighted by atomic mass is 9.59. The van der Waals surface area contributed by atoms with E-state index in [1.54, 1.807) is 7.11 Å². The van der Waals surface area contributed by atoms with Crippen LogP contribution in [-0.2, 0) is 15.6 Å². The Labute approximate surface area is 130 Å². The minimum absolute atomic E-state index is 0.231. The number of nitrogens with one attached hydrogen (secondary N) is 1. The van der Waals surface area contributed by atoms with E-state index in [0.717, 1.165) is 25.6 Å². The number of hydrogen-bond acceptors (Lipinski definition) is 2. The maximum atomic E-state index is 5.13. The van der Waals surface area contributed by atoms with Crippen LogP contribution < -0.4 is 5.32 Å². The Hall–Kier alpha value is -0.860. The summed E-state index contributed by atoms with van der Waals surface area (Å²) in [6, 6.07) is 9.33. The van der Waals surface area contributed by atoms with Crippen molar-refractivity contribution in [3.05, 3.63) is 35.4 Å². The highest BCUT2D eigenvalue weighted by Gasteiger charge is 2.42. The van der Waals surface area contributed by atoms with E-state index in [-0.39, 0.29) is 5.41 Å². The molecule has 1 aromatic carbocycles. The lowest BCUT2D eigenvalue weighted by Crippen LogP contribution is -2.48. The van der Waals surface area contributed by atoms with Crippen LogP contribution in [0.25, 0.3) is 0 Å². The molecule has 0 aromatic heterocycles. The Balaban J connectivity index is 2.07. The normalized spacial score (nSPS) is 25.7. The fourth-order valence-electron chi connectivity index (χ4n) is 3.58. The molecule has 1 fully saturated rings. The number of hydrogen-bond donors (Lipinski definition) is 1. The van der Waals surface area contributed by atoms with Gasteiger partial charge in [-0.05, 0) is 35.3 Å². The van der Waals surface area contributed by atoms with Crippen molar-refractivity contribution in [2.75, 3.05) is 26.8 Å². The highest BCUT2D eigenvalue weighted by Crippen LogP contribution is 2.47. The Bertz CT molecular complexity index is 438. The number of benzene rings is 1. The van der Waals surface area contributed by atoms with Crippen LogP contribution in [0, 0.1) is 5.92 Å². The van der Waals surface area contributed by atoms with Gasteiger partial charge in [0.1, 0.15) is 0 Å². The Morgan fingerprint density at radius 1 is 1.19 bits per heavy atom. The van der Waals surface area contributed by atoms with E-state index in [9.17, 15) is 0 Å². The molecule has 1 N–H and O–H groups in total. The Morgan fingerprint density at radius 3 is 2.29 bits per heavy atom. The summed E-state index contributed by atoms with van der Waals surface area (Å²) in [6.07, 6.45) is 2.59. The molecule has 1 aliphatic carbocycles. The van der Waals surface area contributed by atoms with Crippen LogP contribution in [0.5, 0.6) is 0 Å². The third kappa shape index (κ3) is 3.87. The minimum Gasteiger partial charge on any atom is -0.383 e. The smallest absolute Gasteiger partial charge is 0.0587 e. The molecule has 2 heteroatoms. The molecule has 1 saturated carbocycles. The van der Waals surface area contributed by atoms with E-state index in [1.165, 1.54) is 24.0 Å². The van der Waals surface area contributed by atoms with Crippen LogP contribution >= 0.6 is 0 Å². The zero-order valence-corrected chi connectivity index (χ0v) is 14.3. The minimum atomic E-state index is 0.231. The van der Waals surface area contributed by atoms with E-state index in [0.29, 0.717) is 5.41 Å². The first-order chi connectivity index (χ1) is 9.87. The van der Waals surface area contributed by atoms with E-state index in [2.05, 4.69) is 57.3 Å². The molecule has 0 aliphatic heterocycles. The summed E-state index contributed by atoms with van der Waals surface area (Å²) in [7, 11) is 1.76. The van der Waals surface area contributed by atoms with Gasteiger partial charge in [-0.3, -0.25) is 0 Å². The van der Waals surface area contributed by atoms with Gasteiger partial charge in [-0.25, -0.2) is 0 Å². The number of methoxy groups -OCH3 is 1. The Kier molecular flexibility index (Phi) is 5.11. The van der Waals surface area contributed by atoms with Gasteiger partial charge in [0.2, 0.25) is 0 Å². The molecule has 118 valence electrons. The van der Waals surface area contributed by atoms with E-state index >= 15 is 0 Å². The first-order valence-electron chi connectivity index (χ1n) is 8.18. The number of ether oxygens (including phenoxy) is 1. The lowest BCUT2D eigenvalue weighted by molar-refractivity contribution is 0.144. The predicted octanol–water partition coefficient (Wildman–Crippen LogP) is 3.89. The molecule has 0 atom stereocenters. The van der Waals surface area contributed by atoms with Crippen molar-refractivity contribution in [3.8, 4) is 0 Å². The van der Waals surface area contributed by atoms with Gasteiger partial charge in [0.05, 0.1) is 6.61 Å². The molecule has 21 heavy (non-hydrogen) atoms. The molecule has 0 amide bonds. The van der Waals surface area contributed by atoms with Gasteiger partial charge >= 0.3 is 0 Å². The lowest BCUT2D eigenvalue weighted by Gasteiger charge is -2.47. The summed E-state index contributed by atoms with van der Waals surface area (Å²) < 4.78 is 5.13. The van der Waals surface area contributed by atoms with Crippen molar-refractivity contribution < 1.29 is 4.74 Å². The average molecular weight is 289 g/mol. The second kappa shape index (κ2) is 6.50. The standard InChI is InChI=1S/C19H31NO/c1-15-12-19(13-15,14-20-10-11-21-5)17-8-6-16(7-9-17)18(2,3)4/h6-9,15,20H,10-14H2,1-5H3. The highest BCUT2D eigenvalue weighted by atomic mass is 16.5. The molecular weight excluding hydrogens is 258 g/mol. The molecule has 1 aliphatic rings. The summed E-state index contributed by atoms with van der Waals surface area (Å²) in [5.41, 5.74) is 3.48. The van der Waals surface area contributed by atoms with Crippen LogP contribution in [0.2, 0.25) is 0 Å². The molecule has 0 radical (unpaired) electrons. The summed E-state index contributed by atoms with van der Waals surface area (Å²) in [6.45, 7) is 12.0. The van der Waals surface area contributed by atoms with Crippen LogP contribution in [0.3, 0.4) is 0 Å². The summed E-state index contributed by atoms with van der Waals surface area (Å²) in [5.74, 6) is 0.844. The molecule has 0 saturated heterocycles. The van der Waals surface area contributed by atoms with Gasteiger partial charge in [0.15, 0.2) is 0 Å². The molecule has 1 aromatic rings. The molecule has 0 unspecified atom stereocenters. The van der Waals surface area contributed by atoms with E-state index in [1.807, 2.05) is 0 Å². The van der Waals surface area contributed by atoms with Crippen molar-refractivity contribution in [2.24, 2.45) is 5.92 Å². The van der Waals surface area contributed by atoms with Crippen molar-refractivity contribution in [2.45, 2.75) is 51.4 Å². The fraction of sp³-hybridized carbons (Fsp3) is 0.684. The summed E-state index contributed by atoms with van der Waals surface area (Å²) in [5, 5.41) is 3.57. The van der Waals surface area contributed by atoms with Crippen LogP contribution in [0.1, 0.15) is 51.7 Å². The maximum Gasteiger partial charge on any atom is 0.0587 e. The van der Waals surface area contributed by atoms with E-state index in [4.69, 9.17) is 4.74 Å². The zero-order chi connectivity index (χ0) is 15.5. The van der Waals surface area contributed by atoms with Crippen molar-refractivity contribution in [1.82, 2.24) is 5.32 Å². The van der Waals surface area contributed by atoms with E-state index < -0.39 is 0 Å². The van der Waals surface area contributed by atoms with Crippen molar-refractivity contribution >= 4 is 0 Å². The predicted molar refractivity (Wildman–Crippen MR) is 90.0 cm³/mol. The topological polar surface area (TPSA) is 21.3 Å². The molecule has 2 rings (SSSR count). The maximum absolute atomic E-state index is 5.13. The van der Waals surface area contributed by atoms with Gasteiger partial charge < -0.3 is 10.1 Å². The zero-order valence-electron chi connectivity index (χ0n) is 14.3. The first-order valence-corrected chi connectivity index (χ1v) is 8.18. The van der Waals surface area contributed by atoms with Crippen molar-refractivity contribution in [3.63, 3.8) is 0 Å². The highest BCUT2D eigenvalue weighted by molar-refractivity contribution is 5.34. The van der Waals surface area contributed by atoms with Gasteiger partial charge in [0, 0.05) is 25.6 Å². The third-order valence-electron chi connectivity index (χ3n) is 4.79. The SMILES string of the molecule is COCCNCC1(c2ccc(C(C)(C)C)cc2)CC(C)C1. The van der Waals surface area contributed by atoms with Gasteiger partial charge in [0.25, 0.3) is 0 Å². The van der Waals surface area contributed by atoms with Crippen LogP contribution in [-0.4, -0.2) is 26.8 Å². The van der Waals surface area contributed by atoms with Gasteiger partial charge in [-0.15, -0.1) is 0 Å².